The molecule has 0 saturated carbocycles. The van der Waals surface area contributed by atoms with Crippen molar-refractivity contribution < 1.29 is 9.47 Å². The molecule has 2 unspecified atom stereocenters. The second-order valence-corrected chi connectivity index (χ2v) is 4.93. The molecule has 2 rings (SSSR count). The summed E-state index contributed by atoms with van der Waals surface area (Å²) in [7, 11) is 1.69. The van der Waals surface area contributed by atoms with Crippen LogP contribution >= 0.6 is 11.6 Å². The molecule has 0 bridgehead atoms. The van der Waals surface area contributed by atoms with E-state index in [1.807, 2.05) is 0 Å². The summed E-state index contributed by atoms with van der Waals surface area (Å²) in [4.78, 5) is 0. The summed E-state index contributed by atoms with van der Waals surface area (Å²) in [6.45, 7) is 2.10. The zero-order valence-corrected chi connectivity index (χ0v) is 11.0. The van der Waals surface area contributed by atoms with Crippen LogP contribution in [0.15, 0.2) is 24.3 Å². The van der Waals surface area contributed by atoms with Crippen LogP contribution in [0.5, 0.6) is 0 Å². The van der Waals surface area contributed by atoms with Gasteiger partial charge >= 0.3 is 0 Å². The van der Waals surface area contributed by atoms with Crippen molar-refractivity contribution in [3.63, 3.8) is 0 Å². The summed E-state index contributed by atoms with van der Waals surface area (Å²) in [5, 5.41) is 0.150. The van der Waals surface area contributed by atoms with Crippen LogP contribution in [0.1, 0.15) is 22.9 Å². The van der Waals surface area contributed by atoms with Gasteiger partial charge in [-0.2, -0.15) is 0 Å². The van der Waals surface area contributed by atoms with Crippen molar-refractivity contribution in [1.29, 1.82) is 0 Å². The van der Waals surface area contributed by atoms with Gasteiger partial charge in [0.05, 0.1) is 18.6 Å². The molecule has 0 saturated heterocycles. The number of halogens is 1. The molecule has 1 aromatic rings. The molecule has 94 valence electrons. The second kappa shape index (κ2) is 6.39. The van der Waals surface area contributed by atoms with Gasteiger partial charge in [0.15, 0.2) is 0 Å². The van der Waals surface area contributed by atoms with Crippen molar-refractivity contribution in [1.82, 2.24) is 0 Å². The number of methoxy groups -OCH3 is 1. The smallest absolute Gasteiger partial charge is 0.0700 e. The summed E-state index contributed by atoms with van der Waals surface area (Å²) in [5.41, 5.74) is 2.70. The highest BCUT2D eigenvalue weighted by Gasteiger charge is 2.29. The Morgan fingerprint density at radius 1 is 1.24 bits per heavy atom. The van der Waals surface area contributed by atoms with Gasteiger partial charge < -0.3 is 9.47 Å². The molecule has 0 radical (unpaired) electrons. The molecule has 1 aliphatic carbocycles. The SMILES string of the molecule is COCCOCCC1Cc2ccccc2C1Cl. The summed E-state index contributed by atoms with van der Waals surface area (Å²) >= 11 is 6.47. The molecule has 17 heavy (non-hydrogen) atoms. The van der Waals surface area contributed by atoms with Gasteiger partial charge in [0.25, 0.3) is 0 Å². The van der Waals surface area contributed by atoms with Gasteiger partial charge in [-0.25, -0.2) is 0 Å². The van der Waals surface area contributed by atoms with Crippen LogP contribution in [0.3, 0.4) is 0 Å². The van der Waals surface area contributed by atoms with E-state index in [0.29, 0.717) is 19.1 Å². The van der Waals surface area contributed by atoms with Crippen LogP contribution in [0.4, 0.5) is 0 Å². The topological polar surface area (TPSA) is 18.5 Å². The van der Waals surface area contributed by atoms with E-state index in [0.717, 1.165) is 19.4 Å². The zero-order valence-electron chi connectivity index (χ0n) is 10.2. The predicted molar refractivity (Wildman–Crippen MR) is 69.5 cm³/mol. The first-order valence-electron chi connectivity index (χ1n) is 6.11. The maximum atomic E-state index is 6.47. The molecule has 2 nitrogen and oxygen atoms in total. The van der Waals surface area contributed by atoms with Crippen LogP contribution in [-0.2, 0) is 15.9 Å². The normalized spacial score (nSPS) is 22.7. The van der Waals surface area contributed by atoms with E-state index in [4.69, 9.17) is 21.1 Å². The Bertz CT molecular complexity index is 354. The van der Waals surface area contributed by atoms with Gasteiger partial charge in [0.2, 0.25) is 0 Å². The zero-order chi connectivity index (χ0) is 12.1. The molecule has 1 aliphatic rings. The molecule has 0 aromatic heterocycles. The first kappa shape index (κ1) is 12.9. The lowest BCUT2D eigenvalue weighted by Crippen LogP contribution is -2.09. The van der Waals surface area contributed by atoms with Crippen molar-refractivity contribution in [3.05, 3.63) is 35.4 Å². The number of hydrogen-bond acceptors (Lipinski definition) is 2. The lowest BCUT2D eigenvalue weighted by atomic mass is 10.0. The Balaban J connectivity index is 1.78. The van der Waals surface area contributed by atoms with Gasteiger partial charge in [-0.1, -0.05) is 24.3 Å². The van der Waals surface area contributed by atoms with E-state index < -0.39 is 0 Å². The quantitative estimate of drug-likeness (QED) is 0.573. The third-order valence-corrected chi connectivity index (χ3v) is 3.90. The molecule has 2 atom stereocenters. The van der Waals surface area contributed by atoms with Gasteiger partial charge in [-0.15, -0.1) is 11.6 Å². The largest absolute Gasteiger partial charge is 0.382 e. The maximum Gasteiger partial charge on any atom is 0.0700 e. The highest BCUT2D eigenvalue weighted by Crippen LogP contribution is 2.42. The lowest BCUT2D eigenvalue weighted by molar-refractivity contribution is 0.0639. The molecule has 3 heteroatoms. The maximum absolute atomic E-state index is 6.47. The molecule has 0 amide bonds. The monoisotopic (exact) mass is 254 g/mol. The molecular weight excluding hydrogens is 236 g/mol. The summed E-state index contributed by atoms with van der Waals surface area (Å²) in [5.74, 6) is 0.511. The van der Waals surface area contributed by atoms with Crippen molar-refractivity contribution >= 4 is 11.6 Å². The number of alkyl halides is 1. The Morgan fingerprint density at radius 2 is 2.06 bits per heavy atom. The lowest BCUT2D eigenvalue weighted by Gasteiger charge is -2.14. The molecule has 0 spiro atoms. The van der Waals surface area contributed by atoms with Crippen LogP contribution in [0.2, 0.25) is 0 Å². The first-order valence-corrected chi connectivity index (χ1v) is 6.55. The number of ether oxygens (including phenoxy) is 2. The number of fused-ring (bicyclic) bond motifs is 1. The Hall–Kier alpha value is -0.570. The van der Waals surface area contributed by atoms with Crippen molar-refractivity contribution in [2.24, 2.45) is 5.92 Å². The third kappa shape index (κ3) is 3.21. The fraction of sp³-hybridized carbons (Fsp3) is 0.571. The average molecular weight is 255 g/mol. The molecule has 0 N–H and O–H groups in total. The molecule has 0 fully saturated rings. The molecule has 1 aromatic carbocycles. The third-order valence-electron chi connectivity index (χ3n) is 3.31. The number of rotatable bonds is 6. The summed E-state index contributed by atoms with van der Waals surface area (Å²) < 4.78 is 10.4. The van der Waals surface area contributed by atoms with Crippen molar-refractivity contribution in [2.75, 3.05) is 26.9 Å². The van der Waals surface area contributed by atoms with Gasteiger partial charge in [-0.05, 0) is 29.9 Å². The minimum Gasteiger partial charge on any atom is -0.382 e. The van der Waals surface area contributed by atoms with Crippen LogP contribution in [0.25, 0.3) is 0 Å². The second-order valence-electron chi connectivity index (χ2n) is 4.46. The van der Waals surface area contributed by atoms with Gasteiger partial charge in [-0.3, -0.25) is 0 Å². The Labute approximate surface area is 108 Å². The van der Waals surface area contributed by atoms with Crippen LogP contribution < -0.4 is 0 Å². The molecular formula is C14H19ClO2. The van der Waals surface area contributed by atoms with Gasteiger partial charge in [0, 0.05) is 13.7 Å². The van der Waals surface area contributed by atoms with Crippen molar-refractivity contribution in [2.45, 2.75) is 18.2 Å². The molecule has 0 aliphatic heterocycles. The minimum absolute atomic E-state index is 0.150. The fourth-order valence-electron chi connectivity index (χ4n) is 2.36. The van der Waals surface area contributed by atoms with E-state index in [2.05, 4.69) is 24.3 Å². The highest BCUT2D eigenvalue weighted by atomic mass is 35.5. The van der Waals surface area contributed by atoms with E-state index in [1.165, 1.54) is 11.1 Å². The Kier molecular flexibility index (Phi) is 4.84. The van der Waals surface area contributed by atoms with Crippen LogP contribution in [0, 0.1) is 5.92 Å². The van der Waals surface area contributed by atoms with E-state index in [1.54, 1.807) is 7.11 Å². The summed E-state index contributed by atoms with van der Waals surface area (Å²) in [6, 6.07) is 8.46. The highest BCUT2D eigenvalue weighted by molar-refractivity contribution is 6.21. The fourth-order valence-corrected chi connectivity index (χ4v) is 2.78. The average Bonchev–Trinajstić information content (AvgIpc) is 2.67. The Morgan fingerprint density at radius 3 is 2.82 bits per heavy atom. The first-order chi connectivity index (χ1) is 8.33. The number of hydrogen-bond donors (Lipinski definition) is 0. The van der Waals surface area contributed by atoms with Gasteiger partial charge in [0.1, 0.15) is 0 Å². The van der Waals surface area contributed by atoms with E-state index in [-0.39, 0.29) is 5.38 Å². The predicted octanol–water partition coefficient (Wildman–Crippen LogP) is 3.19. The van der Waals surface area contributed by atoms with Crippen LogP contribution in [-0.4, -0.2) is 26.9 Å². The van der Waals surface area contributed by atoms with E-state index >= 15 is 0 Å². The number of benzene rings is 1. The standard InChI is InChI=1S/C14H19ClO2/c1-16-8-9-17-7-6-12-10-11-4-2-3-5-13(11)14(12)15/h2-5,12,14H,6-10H2,1H3. The molecule has 0 heterocycles. The summed E-state index contributed by atoms with van der Waals surface area (Å²) in [6.07, 6.45) is 2.10. The van der Waals surface area contributed by atoms with Crippen molar-refractivity contribution in [3.8, 4) is 0 Å². The minimum atomic E-state index is 0.150. The van der Waals surface area contributed by atoms with E-state index in [9.17, 15) is 0 Å².